The molecule has 0 radical (unpaired) electrons. The third kappa shape index (κ3) is 2.65. The molecule has 0 bridgehead atoms. The molecule has 0 atom stereocenters. The van der Waals surface area contributed by atoms with Crippen molar-refractivity contribution in [1.29, 1.82) is 0 Å². The Morgan fingerprint density at radius 2 is 2.00 bits per heavy atom. The molecule has 0 aliphatic carbocycles. The highest BCUT2D eigenvalue weighted by molar-refractivity contribution is 6.33. The Kier molecular flexibility index (Phi) is 3.45. The minimum Gasteiger partial charge on any atom is -0.350 e. The Labute approximate surface area is 108 Å². The molecular weight excluding hydrogens is 264 g/mol. The van der Waals surface area contributed by atoms with E-state index in [9.17, 15) is 4.39 Å². The van der Waals surface area contributed by atoms with Crippen molar-refractivity contribution >= 4 is 34.6 Å². The Bertz CT molecular complexity index is 540. The van der Waals surface area contributed by atoms with Gasteiger partial charge in [-0.05, 0) is 18.6 Å². The number of aryl methyl sites for hydroxylation is 1. The second kappa shape index (κ2) is 4.85. The molecule has 2 aromatic rings. The van der Waals surface area contributed by atoms with Gasteiger partial charge >= 0.3 is 0 Å². The van der Waals surface area contributed by atoms with Crippen LogP contribution >= 0.6 is 23.2 Å². The van der Waals surface area contributed by atoms with Gasteiger partial charge in [0.2, 0.25) is 0 Å². The number of benzene rings is 1. The van der Waals surface area contributed by atoms with Crippen LogP contribution in [0.5, 0.6) is 0 Å². The number of halogens is 3. The van der Waals surface area contributed by atoms with E-state index >= 15 is 0 Å². The van der Waals surface area contributed by atoms with E-state index in [2.05, 4.69) is 15.5 Å². The Morgan fingerprint density at radius 3 is 2.71 bits per heavy atom. The lowest BCUT2D eigenvalue weighted by Gasteiger charge is -2.11. The molecule has 1 heterocycles. The Hall–Kier alpha value is -1.39. The number of aromatic nitrogens is 2. The van der Waals surface area contributed by atoms with Crippen LogP contribution in [0, 0.1) is 12.7 Å². The molecule has 0 amide bonds. The number of nitrogens with one attached hydrogen (secondary N) is 1. The molecule has 0 spiro atoms. The molecule has 1 aromatic carbocycles. The first kappa shape index (κ1) is 12.1. The SMILES string of the molecule is Cc1cccc(F)c1Nc1cc(Cl)nnc1Cl. The van der Waals surface area contributed by atoms with Crippen LogP contribution in [0.2, 0.25) is 10.3 Å². The summed E-state index contributed by atoms with van der Waals surface area (Å²) in [6, 6.07) is 6.27. The van der Waals surface area contributed by atoms with E-state index in [1.807, 2.05) is 0 Å². The normalized spacial score (nSPS) is 10.4. The second-order valence-corrected chi connectivity index (χ2v) is 4.17. The van der Waals surface area contributed by atoms with Crippen molar-refractivity contribution < 1.29 is 4.39 Å². The van der Waals surface area contributed by atoms with Crippen molar-refractivity contribution in [3.05, 3.63) is 46.0 Å². The van der Waals surface area contributed by atoms with Gasteiger partial charge in [0.05, 0.1) is 11.4 Å². The number of para-hydroxylation sites is 1. The largest absolute Gasteiger partial charge is 0.350 e. The van der Waals surface area contributed by atoms with Gasteiger partial charge in [-0.25, -0.2) is 4.39 Å². The second-order valence-electron chi connectivity index (χ2n) is 3.43. The molecule has 1 aromatic heterocycles. The first-order chi connectivity index (χ1) is 8.08. The average molecular weight is 272 g/mol. The maximum absolute atomic E-state index is 13.6. The summed E-state index contributed by atoms with van der Waals surface area (Å²) in [5.41, 5.74) is 1.52. The summed E-state index contributed by atoms with van der Waals surface area (Å²) in [4.78, 5) is 0. The van der Waals surface area contributed by atoms with Gasteiger partial charge in [0.25, 0.3) is 0 Å². The van der Waals surface area contributed by atoms with Gasteiger partial charge < -0.3 is 5.32 Å². The van der Waals surface area contributed by atoms with Crippen molar-refractivity contribution in [3.63, 3.8) is 0 Å². The zero-order chi connectivity index (χ0) is 12.4. The highest BCUT2D eigenvalue weighted by Gasteiger charge is 2.09. The van der Waals surface area contributed by atoms with Gasteiger partial charge in [0.15, 0.2) is 10.3 Å². The lowest BCUT2D eigenvalue weighted by atomic mass is 10.2. The van der Waals surface area contributed by atoms with Gasteiger partial charge in [0, 0.05) is 6.07 Å². The molecule has 3 nitrogen and oxygen atoms in total. The van der Waals surface area contributed by atoms with E-state index in [0.717, 1.165) is 5.56 Å². The van der Waals surface area contributed by atoms with Crippen molar-refractivity contribution in [2.75, 3.05) is 5.32 Å². The van der Waals surface area contributed by atoms with Gasteiger partial charge in [-0.3, -0.25) is 0 Å². The summed E-state index contributed by atoms with van der Waals surface area (Å²) in [7, 11) is 0. The van der Waals surface area contributed by atoms with Gasteiger partial charge in [0.1, 0.15) is 5.82 Å². The minimum absolute atomic E-state index is 0.136. The molecule has 6 heteroatoms. The van der Waals surface area contributed by atoms with Crippen LogP contribution in [-0.4, -0.2) is 10.2 Å². The van der Waals surface area contributed by atoms with Crippen LogP contribution in [0.15, 0.2) is 24.3 Å². The predicted octanol–water partition coefficient (Wildman–Crippen LogP) is 3.97. The Morgan fingerprint density at radius 1 is 1.24 bits per heavy atom. The van der Waals surface area contributed by atoms with E-state index in [0.29, 0.717) is 11.4 Å². The quantitative estimate of drug-likeness (QED) is 0.898. The van der Waals surface area contributed by atoms with E-state index in [-0.39, 0.29) is 16.1 Å². The predicted molar refractivity (Wildman–Crippen MR) is 66.5 cm³/mol. The van der Waals surface area contributed by atoms with Crippen LogP contribution in [0.4, 0.5) is 15.8 Å². The van der Waals surface area contributed by atoms with Crippen molar-refractivity contribution in [1.82, 2.24) is 10.2 Å². The van der Waals surface area contributed by atoms with Gasteiger partial charge in [-0.1, -0.05) is 35.3 Å². The van der Waals surface area contributed by atoms with E-state index in [4.69, 9.17) is 23.2 Å². The number of rotatable bonds is 2. The summed E-state index contributed by atoms with van der Waals surface area (Å²) >= 11 is 11.5. The number of nitrogens with zero attached hydrogens (tertiary/aromatic N) is 2. The molecule has 0 aliphatic heterocycles. The highest BCUT2D eigenvalue weighted by atomic mass is 35.5. The van der Waals surface area contributed by atoms with Crippen LogP contribution in [0.1, 0.15) is 5.56 Å². The summed E-state index contributed by atoms with van der Waals surface area (Å²) in [5, 5.41) is 10.4. The third-order valence-corrected chi connectivity index (χ3v) is 2.66. The van der Waals surface area contributed by atoms with E-state index in [1.165, 1.54) is 12.1 Å². The third-order valence-electron chi connectivity index (χ3n) is 2.20. The highest BCUT2D eigenvalue weighted by Crippen LogP contribution is 2.28. The zero-order valence-electron chi connectivity index (χ0n) is 8.84. The number of hydrogen-bond donors (Lipinski definition) is 1. The molecule has 0 saturated heterocycles. The van der Waals surface area contributed by atoms with Crippen molar-refractivity contribution in [2.24, 2.45) is 0 Å². The molecule has 0 aliphatic rings. The minimum atomic E-state index is -0.367. The monoisotopic (exact) mass is 271 g/mol. The fraction of sp³-hybridized carbons (Fsp3) is 0.0909. The summed E-state index contributed by atoms with van der Waals surface area (Å²) in [6.07, 6.45) is 0. The molecular formula is C11H8Cl2FN3. The van der Waals surface area contributed by atoms with Crippen molar-refractivity contribution in [2.45, 2.75) is 6.92 Å². The summed E-state index contributed by atoms with van der Waals surface area (Å²) in [5.74, 6) is -0.367. The van der Waals surface area contributed by atoms with Crippen LogP contribution in [-0.2, 0) is 0 Å². The molecule has 0 saturated carbocycles. The first-order valence-electron chi connectivity index (χ1n) is 4.79. The Balaban J connectivity index is 2.41. The zero-order valence-corrected chi connectivity index (χ0v) is 10.3. The van der Waals surface area contributed by atoms with Crippen molar-refractivity contribution in [3.8, 4) is 0 Å². The fourth-order valence-electron chi connectivity index (χ4n) is 1.37. The summed E-state index contributed by atoms with van der Waals surface area (Å²) < 4.78 is 13.6. The summed E-state index contributed by atoms with van der Waals surface area (Å²) in [6.45, 7) is 1.79. The molecule has 2 rings (SSSR count). The molecule has 0 unspecified atom stereocenters. The molecule has 1 N–H and O–H groups in total. The lowest BCUT2D eigenvalue weighted by molar-refractivity contribution is 0.631. The molecule has 88 valence electrons. The number of anilines is 2. The average Bonchev–Trinajstić information content (AvgIpc) is 2.28. The number of hydrogen-bond acceptors (Lipinski definition) is 3. The topological polar surface area (TPSA) is 37.8 Å². The first-order valence-corrected chi connectivity index (χ1v) is 5.54. The molecule has 0 fully saturated rings. The maximum Gasteiger partial charge on any atom is 0.175 e. The van der Waals surface area contributed by atoms with Crippen LogP contribution in [0.25, 0.3) is 0 Å². The van der Waals surface area contributed by atoms with Gasteiger partial charge in [-0.15, -0.1) is 10.2 Å². The lowest BCUT2D eigenvalue weighted by Crippen LogP contribution is -1.99. The standard InChI is InChI=1S/C11H8Cl2FN3/c1-6-3-2-4-7(14)10(6)15-8-5-9(12)16-17-11(8)13/h2-5H,1H3,(H,15,16). The van der Waals surface area contributed by atoms with E-state index < -0.39 is 0 Å². The van der Waals surface area contributed by atoms with Crippen LogP contribution in [0.3, 0.4) is 0 Å². The smallest absolute Gasteiger partial charge is 0.175 e. The van der Waals surface area contributed by atoms with Crippen LogP contribution < -0.4 is 5.32 Å². The van der Waals surface area contributed by atoms with E-state index in [1.54, 1.807) is 19.1 Å². The van der Waals surface area contributed by atoms with Gasteiger partial charge in [-0.2, -0.15) is 0 Å². The molecule has 17 heavy (non-hydrogen) atoms. The maximum atomic E-state index is 13.6. The fourth-order valence-corrected chi connectivity index (χ4v) is 1.65.